The fourth-order valence-corrected chi connectivity index (χ4v) is 4.85. The van der Waals surface area contributed by atoms with Gasteiger partial charge in [-0.15, -0.1) is 10.2 Å². The third-order valence-electron chi connectivity index (χ3n) is 5.10. The van der Waals surface area contributed by atoms with Gasteiger partial charge in [-0.25, -0.2) is 0 Å². The molecular formula is C24H28BrN5O3S2. The Bertz CT molecular complexity index is 1120. The van der Waals surface area contributed by atoms with Gasteiger partial charge in [-0.1, -0.05) is 27.7 Å². The van der Waals surface area contributed by atoms with E-state index in [0.717, 1.165) is 15.9 Å². The van der Waals surface area contributed by atoms with Gasteiger partial charge in [-0.2, -0.15) is 11.8 Å². The van der Waals surface area contributed by atoms with Gasteiger partial charge in [0.05, 0.1) is 18.9 Å². The fourth-order valence-electron chi connectivity index (χ4n) is 3.31. The summed E-state index contributed by atoms with van der Waals surface area (Å²) in [5, 5.41) is 15.3. The number of aromatic nitrogens is 3. The highest BCUT2D eigenvalue weighted by Gasteiger charge is 2.23. The van der Waals surface area contributed by atoms with E-state index in [0.29, 0.717) is 35.3 Å². The van der Waals surface area contributed by atoms with E-state index in [-0.39, 0.29) is 23.6 Å². The molecule has 0 saturated heterocycles. The number of halogens is 1. The number of carbonyl (C=O) groups excluding carboxylic acids is 2. The van der Waals surface area contributed by atoms with Crippen molar-refractivity contribution < 1.29 is 14.3 Å². The van der Waals surface area contributed by atoms with E-state index in [1.807, 2.05) is 42.0 Å². The second-order valence-electron chi connectivity index (χ2n) is 7.46. The maximum atomic E-state index is 12.9. The largest absolute Gasteiger partial charge is 0.497 e. The lowest BCUT2D eigenvalue weighted by Gasteiger charge is -2.19. The Balaban J connectivity index is 1.70. The number of nitrogens with zero attached hydrogens (tertiary/aromatic N) is 3. The highest BCUT2D eigenvalue weighted by Crippen LogP contribution is 2.24. The van der Waals surface area contributed by atoms with Crippen molar-refractivity contribution in [1.29, 1.82) is 0 Å². The molecule has 8 nitrogen and oxygen atoms in total. The molecule has 2 N–H and O–H groups in total. The standard InChI is InChI=1S/C24H28BrN5O3S2/c1-4-30-22(20(13-14-34-3)27-23(32)16-5-11-19(33-2)12-6-16)28-29-24(30)35-15-21(31)26-18-9-7-17(25)8-10-18/h5-12,20H,4,13-15H2,1-3H3,(H,26,31)(H,27,32)/t20-/m1/s1. The summed E-state index contributed by atoms with van der Waals surface area (Å²) in [7, 11) is 1.59. The van der Waals surface area contributed by atoms with Crippen molar-refractivity contribution in [3.8, 4) is 5.75 Å². The topological polar surface area (TPSA) is 98.1 Å². The van der Waals surface area contributed by atoms with Crippen LogP contribution in [0.2, 0.25) is 0 Å². The number of hydrogen-bond acceptors (Lipinski definition) is 7. The minimum Gasteiger partial charge on any atom is -0.497 e. The van der Waals surface area contributed by atoms with Gasteiger partial charge in [-0.3, -0.25) is 9.59 Å². The van der Waals surface area contributed by atoms with Crippen LogP contribution >= 0.6 is 39.5 Å². The summed E-state index contributed by atoms with van der Waals surface area (Å²) in [5.41, 5.74) is 1.27. The van der Waals surface area contributed by atoms with Gasteiger partial charge in [0.25, 0.3) is 5.91 Å². The molecule has 3 aromatic rings. The van der Waals surface area contributed by atoms with E-state index in [9.17, 15) is 9.59 Å². The first kappa shape index (κ1) is 27.1. The molecule has 0 aliphatic rings. The van der Waals surface area contributed by atoms with Crippen molar-refractivity contribution in [2.45, 2.75) is 31.1 Å². The molecule has 0 aliphatic carbocycles. The number of benzene rings is 2. The summed E-state index contributed by atoms with van der Waals surface area (Å²) in [6.07, 6.45) is 2.73. The summed E-state index contributed by atoms with van der Waals surface area (Å²) in [5.74, 6) is 2.10. The summed E-state index contributed by atoms with van der Waals surface area (Å²) >= 11 is 6.41. The average molecular weight is 579 g/mol. The van der Waals surface area contributed by atoms with Crippen LogP contribution in [0.1, 0.15) is 35.6 Å². The normalized spacial score (nSPS) is 11.7. The molecule has 0 aliphatic heterocycles. The van der Waals surface area contributed by atoms with Crippen LogP contribution in [0.4, 0.5) is 5.69 Å². The first-order chi connectivity index (χ1) is 16.9. The number of methoxy groups -OCH3 is 1. The second kappa shape index (κ2) is 13.6. The molecule has 0 fully saturated rings. The summed E-state index contributed by atoms with van der Waals surface area (Å²) in [6.45, 7) is 2.61. The Morgan fingerprint density at radius 2 is 1.83 bits per heavy atom. The van der Waals surface area contributed by atoms with Crippen LogP contribution in [0.25, 0.3) is 0 Å². The average Bonchev–Trinajstić information content (AvgIpc) is 3.29. The maximum absolute atomic E-state index is 12.9. The molecule has 0 radical (unpaired) electrons. The number of carbonyl (C=O) groups is 2. The van der Waals surface area contributed by atoms with Gasteiger partial charge in [0, 0.05) is 22.3 Å². The van der Waals surface area contributed by atoms with Crippen molar-refractivity contribution in [3.05, 3.63) is 64.4 Å². The minimum absolute atomic E-state index is 0.128. The van der Waals surface area contributed by atoms with Crippen molar-refractivity contribution in [2.24, 2.45) is 0 Å². The Morgan fingerprint density at radius 1 is 1.11 bits per heavy atom. The number of thioether (sulfide) groups is 2. The van der Waals surface area contributed by atoms with Crippen molar-refractivity contribution >= 4 is 57.0 Å². The third-order valence-corrected chi connectivity index (χ3v) is 7.24. The SMILES string of the molecule is CCn1c(SCC(=O)Nc2ccc(Br)cc2)nnc1[C@@H](CCSC)NC(=O)c1ccc(OC)cc1. The molecule has 1 aromatic heterocycles. The Hall–Kier alpha value is -2.50. The first-order valence-electron chi connectivity index (χ1n) is 11.0. The summed E-state index contributed by atoms with van der Waals surface area (Å²) < 4.78 is 8.08. The van der Waals surface area contributed by atoms with Crippen LogP contribution in [0.5, 0.6) is 5.75 Å². The van der Waals surface area contributed by atoms with Crippen LogP contribution in [0.15, 0.2) is 58.2 Å². The zero-order valence-electron chi connectivity index (χ0n) is 19.8. The zero-order valence-corrected chi connectivity index (χ0v) is 23.0. The van der Waals surface area contributed by atoms with Crippen LogP contribution in [0.3, 0.4) is 0 Å². The molecule has 3 rings (SSSR count). The van der Waals surface area contributed by atoms with Crippen LogP contribution < -0.4 is 15.4 Å². The minimum atomic E-state index is -0.310. The number of anilines is 1. The van der Waals surface area contributed by atoms with Crippen molar-refractivity contribution in [3.63, 3.8) is 0 Å². The molecule has 0 spiro atoms. The van der Waals surface area contributed by atoms with Crippen LogP contribution in [-0.2, 0) is 11.3 Å². The third kappa shape index (κ3) is 7.74. The number of nitrogens with one attached hydrogen (secondary N) is 2. The Morgan fingerprint density at radius 3 is 2.46 bits per heavy atom. The highest BCUT2D eigenvalue weighted by molar-refractivity contribution is 9.10. The maximum Gasteiger partial charge on any atom is 0.251 e. The lowest BCUT2D eigenvalue weighted by molar-refractivity contribution is -0.113. The highest BCUT2D eigenvalue weighted by atomic mass is 79.9. The molecular weight excluding hydrogens is 550 g/mol. The van der Waals surface area contributed by atoms with Gasteiger partial charge in [0.2, 0.25) is 5.91 Å². The predicted molar refractivity (Wildman–Crippen MR) is 145 cm³/mol. The van der Waals surface area contributed by atoms with Crippen molar-refractivity contribution in [1.82, 2.24) is 20.1 Å². The van der Waals surface area contributed by atoms with Gasteiger partial charge >= 0.3 is 0 Å². The predicted octanol–water partition coefficient (Wildman–Crippen LogP) is 5.02. The molecule has 1 atom stereocenters. The molecule has 11 heteroatoms. The van der Waals surface area contributed by atoms with Gasteiger partial charge in [0.15, 0.2) is 11.0 Å². The molecule has 35 heavy (non-hydrogen) atoms. The van der Waals surface area contributed by atoms with Gasteiger partial charge < -0.3 is 19.9 Å². The Kier molecular flexibility index (Phi) is 10.5. The molecule has 1 heterocycles. The van der Waals surface area contributed by atoms with E-state index in [1.54, 1.807) is 43.1 Å². The summed E-state index contributed by atoms with van der Waals surface area (Å²) in [4.78, 5) is 25.4. The first-order valence-corrected chi connectivity index (χ1v) is 14.2. The molecule has 2 aromatic carbocycles. The molecule has 0 saturated carbocycles. The van der Waals surface area contributed by atoms with Crippen molar-refractivity contribution in [2.75, 3.05) is 30.2 Å². The smallest absolute Gasteiger partial charge is 0.251 e. The quantitative estimate of drug-likeness (QED) is 0.291. The number of hydrogen-bond donors (Lipinski definition) is 2. The summed E-state index contributed by atoms with van der Waals surface area (Å²) in [6, 6.07) is 14.1. The molecule has 186 valence electrons. The molecule has 0 unspecified atom stereocenters. The Labute approximate surface area is 222 Å². The van der Waals surface area contributed by atoms with Crippen LogP contribution in [0, 0.1) is 0 Å². The van der Waals surface area contributed by atoms with E-state index < -0.39 is 0 Å². The van der Waals surface area contributed by atoms with Gasteiger partial charge in [-0.05, 0) is 73.9 Å². The number of amides is 2. The van der Waals surface area contributed by atoms with E-state index in [4.69, 9.17) is 4.74 Å². The van der Waals surface area contributed by atoms with E-state index in [1.165, 1.54) is 11.8 Å². The van der Waals surface area contributed by atoms with E-state index in [2.05, 4.69) is 36.8 Å². The lowest BCUT2D eigenvalue weighted by Crippen LogP contribution is -2.31. The molecule has 2 amide bonds. The van der Waals surface area contributed by atoms with E-state index >= 15 is 0 Å². The lowest BCUT2D eigenvalue weighted by atomic mass is 10.1. The number of ether oxygens (including phenoxy) is 1. The zero-order chi connectivity index (χ0) is 25.2. The molecule has 0 bridgehead atoms. The fraction of sp³-hybridized carbons (Fsp3) is 0.333. The van der Waals surface area contributed by atoms with Gasteiger partial charge in [0.1, 0.15) is 5.75 Å². The monoisotopic (exact) mass is 577 g/mol. The van der Waals surface area contributed by atoms with Crippen LogP contribution in [-0.4, -0.2) is 51.5 Å². The second-order valence-corrected chi connectivity index (χ2v) is 10.3. The number of rotatable bonds is 12.